The van der Waals surface area contributed by atoms with E-state index in [-0.39, 0.29) is 5.69 Å². The van der Waals surface area contributed by atoms with Gasteiger partial charge in [-0.05, 0) is 56.0 Å². The predicted molar refractivity (Wildman–Crippen MR) is 79.1 cm³/mol. The number of carboxylic acid groups (broad SMARTS) is 1. The minimum Gasteiger partial charge on any atom is -0.477 e. The van der Waals surface area contributed by atoms with Crippen LogP contribution in [0.5, 0.6) is 0 Å². The number of carboxylic acids is 1. The lowest BCUT2D eigenvalue weighted by Crippen LogP contribution is -2.09. The molecule has 0 saturated carbocycles. The van der Waals surface area contributed by atoms with Gasteiger partial charge in [0.05, 0.1) is 5.69 Å². The maximum absolute atomic E-state index is 11.3. The first kappa shape index (κ1) is 14.3. The molecule has 0 unspecified atom stereocenters. The van der Waals surface area contributed by atoms with Gasteiger partial charge in [0.15, 0.2) is 0 Å². The van der Waals surface area contributed by atoms with Gasteiger partial charge in [0, 0.05) is 12.1 Å². The largest absolute Gasteiger partial charge is 0.477 e. The van der Waals surface area contributed by atoms with Gasteiger partial charge in [-0.1, -0.05) is 13.0 Å². The van der Waals surface area contributed by atoms with Crippen LogP contribution >= 0.6 is 0 Å². The Morgan fingerprint density at radius 1 is 1.15 bits per heavy atom. The van der Waals surface area contributed by atoms with Crippen LogP contribution in [-0.4, -0.2) is 20.9 Å². The monoisotopic (exact) mass is 272 g/mol. The van der Waals surface area contributed by atoms with Crippen LogP contribution in [0, 0.1) is 20.8 Å². The Morgan fingerprint density at radius 3 is 2.40 bits per heavy atom. The lowest BCUT2D eigenvalue weighted by molar-refractivity contribution is 0.0683. The predicted octanol–water partition coefficient (Wildman–Crippen LogP) is 3.58. The molecule has 0 aliphatic heterocycles. The Kier molecular flexibility index (Phi) is 3.93. The zero-order chi connectivity index (χ0) is 14.9. The fraction of sp³-hybridized carbons (Fsp3) is 0.375. The van der Waals surface area contributed by atoms with Crippen molar-refractivity contribution < 1.29 is 9.90 Å². The lowest BCUT2D eigenvalue weighted by atomic mass is 9.99. The number of hydrogen-bond acceptors (Lipinski definition) is 2. The highest BCUT2D eigenvalue weighted by Gasteiger charge is 2.16. The van der Waals surface area contributed by atoms with Crippen LogP contribution in [0.25, 0.3) is 11.3 Å². The molecule has 0 aliphatic rings. The van der Waals surface area contributed by atoms with E-state index in [4.69, 9.17) is 0 Å². The average Bonchev–Trinajstić information content (AvgIpc) is 2.78. The number of aromatic nitrogens is 2. The Balaban J connectivity index is 2.56. The first-order valence-electron chi connectivity index (χ1n) is 6.83. The second-order valence-corrected chi connectivity index (χ2v) is 5.19. The number of benzene rings is 1. The molecule has 1 heterocycles. The molecule has 0 aliphatic carbocycles. The van der Waals surface area contributed by atoms with Gasteiger partial charge >= 0.3 is 5.97 Å². The molecule has 20 heavy (non-hydrogen) atoms. The standard InChI is InChI=1S/C16H20N2O2/c1-5-6-18-15(16(19)20)9-14(17-18)13-8-11(3)10(2)7-12(13)4/h7-9H,5-6H2,1-4H3,(H,19,20). The molecule has 1 aromatic heterocycles. The summed E-state index contributed by atoms with van der Waals surface area (Å²) in [6, 6.07) is 5.86. The Labute approximate surface area is 119 Å². The third kappa shape index (κ3) is 2.59. The molecule has 106 valence electrons. The molecule has 0 fully saturated rings. The van der Waals surface area contributed by atoms with E-state index < -0.39 is 5.97 Å². The maximum Gasteiger partial charge on any atom is 0.354 e. The van der Waals surface area contributed by atoms with Gasteiger partial charge in [-0.3, -0.25) is 4.68 Å². The van der Waals surface area contributed by atoms with Crippen molar-refractivity contribution >= 4 is 5.97 Å². The number of carbonyl (C=O) groups is 1. The topological polar surface area (TPSA) is 55.1 Å². The van der Waals surface area contributed by atoms with Crippen LogP contribution in [0.4, 0.5) is 0 Å². The molecule has 2 aromatic rings. The molecule has 0 radical (unpaired) electrons. The van der Waals surface area contributed by atoms with Crippen molar-refractivity contribution in [3.63, 3.8) is 0 Å². The highest BCUT2D eigenvalue weighted by molar-refractivity contribution is 5.87. The highest BCUT2D eigenvalue weighted by Crippen LogP contribution is 2.26. The van der Waals surface area contributed by atoms with Crippen molar-refractivity contribution in [1.29, 1.82) is 0 Å². The summed E-state index contributed by atoms with van der Waals surface area (Å²) in [7, 11) is 0. The van der Waals surface area contributed by atoms with Gasteiger partial charge in [-0.25, -0.2) is 4.79 Å². The maximum atomic E-state index is 11.3. The molecule has 1 aromatic carbocycles. The molecule has 0 bridgehead atoms. The quantitative estimate of drug-likeness (QED) is 0.925. The summed E-state index contributed by atoms with van der Waals surface area (Å²) in [6.07, 6.45) is 0.854. The number of hydrogen-bond donors (Lipinski definition) is 1. The molecule has 0 atom stereocenters. The van der Waals surface area contributed by atoms with Crippen molar-refractivity contribution in [2.24, 2.45) is 0 Å². The van der Waals surface area contributed by atoms with Gasteiger partial charge in [-0.2, -0.15) is 5.10 Å². The molecule has 1 N–H and O–H groups in total. The van der Waals surface area contributed by atoms with Crippen LogP contribution in [0.2, 0.25) is 0 Å². The molecule has 0 spiro atoms. The Hall–Kier alpha value is -2.10. The summed E-state index contributed by atoms with van der Waals surface area (Å²) in [5.41, 5.74) is 5.53. The summed E-state index contributed by atoms with van der Waals surface area (Å²) in [5, 5.41) is 13.7. The zero-order valence-corrected chi connectivity index (χ0v) is 12.4. The molecule has 4 nitrogen and oxygen atoms in total. The second-order valence-electron chi connectivity index (χ2n) is 5.19. The molecular weight excluding hydrogens is 252 g/mol. The normalized spacial score (nSPS) is 10.8. The molecule has 2 rings (SSSR count). The van der Waals surface area contributed by atoms with E-state index in [1.165, 1.54) is 11.1 Å². The van der Waals surface area contributed by atoms with Crippen LogP contribution in [0.1, 0.15) is 40.5 Å². The molecular formula is C16H20N2O2. The van der Waals surface area contributed by atoms with Gasteiger partial charge in [-0.15, -0.1) is 0 Å². The highest BCUT2D eigenvalue weighted by atomic mass is 16.4. The fourth-order valence-electron chi connectivity index (χ4n) is 2.34. The SMILES string of the molecule is CCCn1nc(-c2cc(C)c(C)cc2C)cc1C(=O)O. The van der Waals surface area contributed by atoms with Gasteiger partial charge in [0.1, 0.15) is 5.69 Å². The van der Waals surface area contributed by atoms with Crippen molar-refractivity contribution in [3.8, 4) is 11.3 Å². The zero-order valence-electron chi connectivity index (χ0n) is 12.4. The number of rotatable bonds is 4. The van der Waals surface area contributed by atoms with Crippen molar-refractivity contribution in [2.45, 2.75) is 40.7 Å². The summed E-state index contributed by atoms with van der Waals surface area (Å²) in [4.78, 5) is 11.3. The minimum atomic E-state index is -0.932. The average molecular weight is 272 g/mol. The first-order valence-corrected chi connectivity index (χ1v) is 6.83. The molecule has 0 amide bonds. The summed E-state index contributed by atoms with van der Waals surface area (Å²) >= 11 is 0. The van der Waals surface area contributed by atoms with Crippen LogP contribution < -0.4 is 0 Å². The molecule has 0 saturated heterocycles. The smallest absolute Gasteiger partial charge is 0.354 e. The summed E-state index contributed by atoms with van der Waals surface area (Å²) < 4.78 is 1.58. The third-order valence-corrected chi connectivity index (χ3v) is 3.55. The van der Waals surface area contributed by atoms with Crippen molar-refractivity contribution in [2.75, 3.05) is 0 Å². The van der Waals surface area contributed by atoms with E-state index in [0.717, 1.165) is 23.2 Å². The van der Waals surface area contributed by atoms with E-state index in [0.29, 0.717) is 6.54 Å². The Bertz CT molecular complexity index is 657. The van der Waals surface area contributed by atoms with Crippen molar-refractivity contribution in [3.05, 3.63) is 40.6 Å². The lowest BCUT2D eigenvalue weighted by Gasteiger charge is -2.07. The number of nitrogens with zero attached hydrogens (tertiary/aromatic N) is 2. The first-order chi connectivity index (χ1) is 9.43. The second kappa shape index (κ2) is 5.49. The number of aryl methyl sites for hydroxylation is 4. The van der Waals surface area contributed by atoms with E-state index >= 15 is 0 Å². The van der Waals surface area contributed by atoms with Gasteiger partial charge in [0.25, 0.3) is 0 Å². The summed E-state index contributed by atoms with van der Waals surface area (Å²) in [6.45, 7) is 8.78. The van der Waals surface area contributed by atoms with Crippen molar-refractivity contribution in [1.82, 2.24) is 9.78 Å². The van der Waals surface area contributed by atoms with E-state index in [1.54, 1.807) is 10.7 Å². The third-order valence-electron chi connectivity index (χ3n) is 3.55. The minimum absolute atomic E-state index is 0.250. The van der Waals surface area contributed by atoms with E-state index in [1.807, 2.05) is 13.8 Å². The van der Waals surface area contributed by atoms with E-state index in [2.05, 4.69) is 31.1 Å². The van der Waals surface area contributed by atoms with Gasteiger partial charge < -0.3 is 5.11 Å². The molecule has 4 heteroatoms. The summed E-state index contributed by atoms with van der Waals surface area (Å²) in [5.74, 6) is -0.932. The fourth-order valence-corrected chi connectivity index (χ4v) is 2.34. The number of aromatic carboxylic acids is 1. The van der Waals surface area contributed by atoms with Crippen LogP contribution in [0.3, 0.4) is 0 Å². The van der Waals surface area contributed by atoms with Crippen LogP contribution in [0.15, 0.2) is 18.2 Å². The Morgan fingerprint density at radius 2 is 1.80 bits per heavy atom. The van der Waals surface area contributed by atoms with E-state index in [9.17, 15) is 9.90 Å². The van der Waals surface area contributed by atoms with Gasteiger partial charge in [0.2, 0.25) is 0 Å². The van der Waals surface area contributed by atoms with Crippen LogP contribution in [-0.2, 0) is 6.54 Å².